The number of amides is 1. The molecule has 1 amide bonds. The Hall–Kier alpha value is -2.36. The van der Waals surface area contributed by atoms with Crippen molar-refractivity contribution >= 4 is 15.9 Å². The number of piperidine rings is 1. The molecular formula is C25H31F2N3O3S. The van der Waals surface area contributed by atoms with Crippen molar-refractivity contribution in [3.8, 4) is 0 Å². The summed E-state index contributed by atoms with van der Waals surface area (Å²) in [4.78, 5) is 14.7. The zero-order chi connectivity index (χ0) is 24.2. The number of likely N-dealkylation sites (tertiary alicyclic amines) is 1. The SMILES string of the molecule is O=C(CN1CCC(NS(=O)(=O)c2ccc(F)cc2)CC1)NCC1(c2ccc(F)cc2)CCCC1. The number of halogens is 2. The van der Waals surface area contributed by atoms with E-state index in [-0.39, 0.29) is 34.6 Å². The Labute approximate surface area is 199 Å². The molecule has 1 saturated carbocycles. The van der Waals surface area contributed by atoms with Gasteiger partial charge in [-0.3, -0.25) is 9.69 Å². The first-order valence-electron chi connectivity index (χ1n) is 11.8. The summed E-state index contributed by atoms with van der Waals surface area (Å²) in [5.74, 6) is -0.801. The molecule has 0 atom stereocenters. The van der Waals surface area contributed by atoms with E-state index in [0.29, 0.717) is 32.5 Å². The van der Waals surface area contributed by atoms with Crippen LogP contribution < -0.4 is 10.0 Å². The average Bonchev–Trinajstić information content (AvgIpc) is 3.30. The van der Waals surface area contributed by atoms with Crippen molar-refractivity contribution in [2.45, 2.75) is 54.9 Å². The maximum absolute atomic E-state index is 13.4. The number of carbonyl (C=O) groups is 1. The minimum absolute atomic E-state index is 0.0395. The molecular weight excluding hydrogens is 460 g/mol. The van der Waals surface area contributed by atoms with Crippen LogP contribution in [0, 0.1) is 11.6 Å². The van der Waals surface area contributed by atoms with E-state index < -0.39 is 15.8 Å². The van der Waals surface area contributed by atoms with Gasteiger partial charge in [0.15, 0.2) is 0 Å². The normalized spacial score (nSPS) is 19.2. The van der Waals surface area contributed by atoms with E-state index in [1.165, 1.54) is 24.3 Å². The molecule has 2 fully saturated rings. The standard InChI is InChI=1S/C25H31F2N3O3S/c26-20-5-3-19(4-6-20)25(13-1-2-14-25)18-28-24(31)17-30-15-11-22(12-16-30)29-34(32,33)23-9-7-21(27)8-10-23/h3-10,22,29H,1-2,11-18H2,(H,28,31). The van der Waals surface area contributed by atoms with Gasteiger partial charge in [-0.05, 0) is 67.6 Å². The average molecular weight is 492 g/mol. The van der Waals surface area contributed by atoms with Crippen LogP contribution in [0.4, 0.5) is 8.78 Å². The highest BCUT2D eigenvalue weighted by molar-refractivity contribution is 7.89. The van der Waals surface area contributed by atoms with Crippen LogP contribution in [0.25, 0.3) is 0 Å². The van der Waals surface area contributed by atoms with Crippen LogP contribution in [0.2, 0.25) is 0 Å². The number of hydrogen-bond acceptors (Lipinski definition) is 4. The first-order valence-corrected chi connectivity index (χ1v) is 13.3. The summed E-state index contributed by atoms with van der Waals surface area (Å²) in [5.41, 5.74) is 0.926. The molecule has 9 heteroatoms. The number of nitrogens with zero attached hydrogens (tertiary/aromatic N) is 1. The molecule has 1 heterocycles. The molecule has 0 spiro atoms. The number of benzene rings is 2. The van der Waals surface area contributed by atoms with Crippen molar-refractivity contribution in [2.75, 3.05) is 26.2 Å². The highest BCUT2D eigenvalue weighted by Crippen LogP contribution is 2.40. The predicted octanol–water partition coefficient (Wildman–Crippen LogP) is 3.34. The molecule has 2 aromatic rings. The Kier molecular flexibility index (Phi) is 7.64. The molecule has 0 bridgehead atoms. The predicted molar refractivity (Wildman–Crippen MR) is 126 cm³/mol. The van der Waals surface area contributed by atoms with Crippen LogP contribution >= 0.6 is 0 Å². The van der Waals surface area contributed by atoms with Gasteiger partial charge in [-0.2, -0.15) is 0 Å². The molecule has 2 aromatic carbocycles. The fraction of sp³-hybridized carbons (Fsp3) is 0.480. The Balaban J connectivity index is 1.25. The maximum Gasteiger partial charge on any atom is 0.240 e. The Morgan fingerprint density at radius 3 is 2.09 bits per heavy atom. The van der Waals surface area contributed by atoms with Crippen LogP contribution in [-0.4, -0.2) is 51.4 Å². The molecule has 6 nitrogen and oxygen atoms in total. The van der Waals surface area contributed by atoms with Crippen LogP contribution in [-0.2, 0) is 20.2 Å². The van der Waals surface area contributed by atoms with Crippen LogP contribution in [0.5, 0.6) is 0 Å². The maximum atomic E-state index is 13.4. The molecule has 184 valence electrons. The number of sulfonamides is 1. The fourth-order valence-corrected chi connectivity index (χ4v) is 6.36. The summed E-state index contributed by atoms with van der Waals surface area (Å²) in [6.45, 7) is 2.00. The van der Waals surface area contributed by atoms with E-state index >= 15 is 0 Å². The largest absolute Gasteiger partial charge is 0.354 e. The summed E-state index contributed by atoms with van der Waals surface area (Å²) in [7, 11) is -3.71. The van der Waals surface area contributed by atoms with Gasteiger partial charge < -0.3 is 5.32 Å². The van der Waals surface area contributed by atoms with Gasteiger partial charge in [0.25, 0.3) is 0 Å². The third kappa shape index (κ3) is 6.00. The van der Waals surface area contributed by atoms with E-state index in [9.17, 15) is 22.0 Å². The molecule has 0 aromatic heterocycles. The van der Waals surface area contributed by atoms with Gasteiger partial charge in [-0.25, -0.2) is 21.9 Å². The Bertz CT molecular complexity index is 1080. The van der Waals surface area contributed by atoms with E-state index in [1.54, 1.807) is 0 Å². The third-order valence-electron chi connectivity index (χ3n) is 7.04. The second-order valence-corrected chi connectivity index (χ2v) is 11.1. The second kappa shape index (κ2) is 10.5. The monoisotopic (exact) mass is 491 g/mol. The van der Waals surface area contributed by atoms with Gasteiger partial charge in [0, 0.05) is 31.1 Å². The highest BCUT2D eigenvalue weighted by Gasteiger charge is 2.36. The first kappa shape index (κ1) is 24.8. The summed E-state index contributed by atoms with van der Waals surface area (Å²) in [6, 6.07) is 11.1. The van der Waals surface area contributed by atoms with E-state index in [4.69, 9.17) is 0 Å². The lowest BCUT2D eigenvalue weighted by molar-refractivity contribution is -0.122. The number of nitrogens with one attached hydrogen (secondary N) is 2. The minimum Gasteiger partial charge on any atom is -0.354 e. The van der Waals surface area contributed by atoms with Crippen LogP contribution in [0.3, 0.4) is 0 Å². The molecule has 1 saturated heterocycles. The summed E-state index contributed by atoms with van der Waals surface area (Å²) in [6.07, 6.45) is 5.31. The van der Waals surface area contributed by atoms with Gasteiger partial charge >= 0.3 is 0 Å². The zero-order valence-corrected chi connectivity index (χ0v) is 19.9. The van der Waals surface area contributed by atoms with Gasteiger partial charge in [-0.15, -0.1) is 0 Å². The van der Waals surface area contributed by atoms with Crippen molar-refractivity contribution in [2.24, 2.45) is 0 Å². The smallest absolute Gasteiger partial charge is 0.240 e. The Morgan fingerprint density at radius 2 is 1.50 bits per heavy atom. The van der Waals surface area contributed by atoms with Crippen molar-refractivity contribution in [3.63, 3.8) is 0 Å². The van der Waals surface area contributed by atoms with Crippen molar-refractivity contribution in [1.29, 1.82) is 0 Å². The van der Waals surface area contributed by atoms with Crippen molar-refractivity contribution < 1.29 is 22.0 Å². The van der Waals surface area contributed by atoms with Crippen molar-refractivity contribution in [1.82, 2.24) is 14.9 Å². The lowest BCUT2D eigenvalue weighted by Crippen LogP contribution is -2.48. The summed E-state index contributed by atoms with van der Waals surface area (Å²) < 4.78 is 54.2. The van der Waals surface area contributed by atoms with Gasteiger partial charge in [0.2, 0.25) is 15.9 Å². The molecule has 4 rings (SSSR count). The molecule has 34 heavy (non-hydrogen) atoms. The zero-order valence-electron chi connectivity index (χ0n) is 19.1. The topological polar surface area (TPSA) is 78.5 Å². The second-order valence-electron chi connectivity index (χ2n) is 9.40. The van der Waals surface area contributed by atoms with E-state index in [1.807, 2.05) is 17.0 Å². The molecule has 0 unspecified atom stereocenters. The van der Waals surface area contributed by atoms with Gasteiger partial charge in [0.05, 0.1) is 11.4 Å². The molecule has 2 N–H and O–H groups in total. The minimum atomic E-state index is -3.71. The molecule has 1 aliphatic carbocycles. The van der Waals surface area contributed by atoms with E-state index in [2.05, 4.69) is 10.0 Å². The first-order chi connectivity index (χ1) is 16.3. The number of rotatable bonds is 8. The van der Waals surface area contributed by atoms with Crippen LogP contribution in [0.15, 0.2) is 53.4 Å². The number of hydrogen-bond donors (Lipinski definition) is 2. The lowest BCUT2D eigenvalue weighted by atomic mass is 9.79. The number of carbonyl (C=O) groups excluding carboxylic acids is 1. The summed E-state index contributed by atoms with van der Waals surface area (Å²) >= 11 is 0. The molecule has 2 aliphatic rings. The van der Waals surface area contributed by atoms with E-state index in [0.717, 1.165) is 43.4 Å². The molecule has 0 radical (unpaired) electrons. The summed E-state index contributed by atoms with van der Waals surface area (Å²) in [5, 5.41) is 3.08. The fourth-order valence-electron chi connectivity index (χ4n) is 5.06. The van der Waals surface area contributed by atoms with Gasteiger partial charge in [0.1, 0.15) is 11.6 Å². The highest BCUT2D eigenvalue weighted by atomic mass is 32.2. The quantitative estimate of drug-likeness (QED) is 0.594. The van der Waals surface area contributed by atoms with Gasteiger partial charge in [-0.1, -0.05) is 25.0 Å². The van der Waals surface area contributed by atoms with Crippen molar-refractivity contribution in [3.05, 3.63) is 65.7 Å². The lowest BCUT2D eigenvalue weighted by Gasteiger charge is -2.33. The Morgan fingerprint density at radius 1 is 0.941 bits per heavy atom. The third-order valence-corrected chi connectivity index (χ3v) is 8.58. The van der Waals surface area contributed by atoms with Crippen LogP contribution in [0.1, 0.15) is 44.1 Å². The molecule has 1 aliphatic heterocycles.